The first-order chi connectivity index (χ1) is 20.2. The minimum Gasteiger partial charge on any atom is -1.00 e. The Labute approximate surface area is 269 Å². The molecule has 1 unspecified atom stereocenters. The predicted octanol–water partition coefficient (Wildman–Crippen LogP) is 5.50. The molecular formula is C34H64ClN3O3S. The van der Waals surface area contributed by atoms with E-state index < -0.39 is 0 Å². The van der Waals surface area contributed by atoms with E-state index in [0.717, 1.165) is 44.3 Å². The zero-order valence-electron chi connectivity index (χ0n) is 27.3. The first-order valence-corrected chi connectivity index (χ1v) is 18.4. The highest BCUT2D eigenvalue weighted by molar-refractivity contribution is 7.99. The topological polar surface area (TPSA) is 53.5 Å². The average Bonchev–Trinajstić information content (AvgIpc) is 3.42. The molecule has 6 nitrogen and oxygen atoms in total. The van der Waals surface area contributed by atoms with Crippen molar-refractivity contribution in [1.82, 2.24) is 9.97 Å². The molecule has 8 heteroatoms. The van der Waals surface area contributed by atoms with Crippen LogP contribution in [0.4, 0.5) is 0 Å². The lowest BCUT2D eigenvalue weighted by Crippen LogP contribution is -3.00. The van der Waals surface area contributed by atoms with E-state index in [1.807, 2.05) is 17.8 Å². The highest BCUT2D eigenvalue weighted by Gasteiger charge is 2.26. The molecule has 0 saturated carbocycles. The fourth-order valence-corrected chi connectivity index (χ4v) is 6.45. The minimum absolute atomic E-state index is 0. The van der Waals surface area contributed by atoms with Crippen LogP contribution in [0, 0.1) is 0 Å². The van der Waals surface area contributed by atoms with Crippen LogP contribution < -0.4 is 17.1 Å². The van der Waals surface area contributed by atoms with Crippen LogP contribution in [0.5, 0.6) is 6.01 Å². The Kier molecular flexibility index (Phi) is 26.2. The number of hydrogen-bond donors (Lipinski definition) is 0. The van der Waals surface area contributed by atoms with Crippen molar-refractivity contribution in [3.63, 3.8) is 0 Å². The number of hydrogen-bond acceptors (Lipinski definition) is 6. The average molecular weight is 630 g/mol. The maximum Gasteiger partial charge on any atom is 0.316 e. The molecule has 1 aromatic heterocycles. The number of thioether (sulfide) groups is 1. The van der Waals surface area contributed by atoms with Gasteiger partial charge in [0.1, 0.15) is 12.6 Å². The second-order valence-electron chi connectivity index (χ2n) is 12.3. The van der Waals surface area contributed by atoms with Gasteiger partial charge in [0.15, 0.2) is 0 Å². The summed E-state index contributed by atoms with van der Waals surface area (Å²) in [7, 11) is 2.36. The summed E-state index contributed by atoms with van der Waals surface area (Å²) < 4.78 is 19.2. The predicted molar refractivity (Wildman–Crippen MR) is 175 cm³/mol. The minimum atomic E-state index is -0.0440. The summed E-state index contributed by atoms with van der Waals surface area (Å²) in [5.74, 6) is 1.83. The normalized spacial score (nSPS) is 15.0. The lowest BCUT2D eigenvalue weighted by Gasteiger charge is -2.28. The molecule has 0 radical (unpaired) electrons. The smallest absolute Gasteiger partial charge is 0.316 e. The fraction of sp³-hybridized carbons (Fsp3) is 0.882. The molecule has 246 valence electrons. The van der Waals surface area contributed by atoms with E-state index >= 15 is 0 Å². The molecule has 1 aliphatic rings. The molecular weight excluding hydrogens is 566 g/mol. The van der Waals surface area contributed by atoms with E-state index in [-0.39, 0.29) is 18.5 Å². The van der Waals surface area contributed by atoms with Crippen molar-refractivity contribution in [1.29, 1.82) is 0 Å². The van der Waals surface area contributed by atoms with Gasteiger partial charge in [-0.25, -0.2) is 9.97 Å². The van der Waals surface area contributed by atoms with Crippen LogP contribution in [0.25, 0.3) is 0 Å². The molecule has 0 amide bonds. The molecule has 0 aromatic carbocycles. The number of nitrogens with zero attached hydrogens (tertiary/aromatic N) is 3. The van der Waals surface area contributed by atoms with Gasteiger partial charge in [0.05, 0.1) is 40.0 Å². The molecule has 1 aliphatic heterocycles. The van der Waals surface area contributed by atoms with E-state index in [1.165, 1.54) is 127 Å². The van der Waals surface area contributed by atoms with Gasteiger partial charge in [0.25, 0.3) is 0 Å². The Hall–Kier alpha value is -0.600. The monoisotopic (exact) mass is 629 g/mol. The first kappa shape index (κ1) is 39.4. The van der Waals surface area contributed by atoms with Gasteiger partial charge in [-0.1, -0.05) is 103 Å². The number of rotatable bonds is 29. The number of halogens is 1. The van der Waals surface area contributed by atoms with Crippen molar-refractivity contribution < 1.29 is 31.1 Å². The lowest BCUT2D eigenvalue weighted by molar-refractivity contribution is -0.898. The third-order valence-corrected chi connectivity index (χ3v) is 9.42. The van der Waals surface area contributed by atoms with Gasteiger partial charge in [0, 0.05) is 43.3 Å². The number of unbranched alkanes of at least 4 members (excludes halogenated alkanes) is 15. The number of likely N-dealkylation sites (N-methyl/N-ethyl adjacent to an activating group) is 1. The van der Waals surface area contributed by atoms with Gasteiger partial charge in [-0.3, -0.25) is 0 Å². The Morgan fingerprint density at radius 1 is 0.738 bits per heavy atom. The molecule has 1 saturated heterocycles. The Morgan fingerprint density at radius 3 is 1.86 bits per heavy atom. The highest BCUT2D eigenvalue weighted by atomic mass is 35.5. The quantitative estimate of drug-likeness (QED) is 0.0862. The molecule has 1 aromatic rings. The van der Waals surface area contributed by atoms with Gasteiger partial charge < -0.3 is 31.1 Å². The van der Waals surface area contributed by atoms with Crippen LogP contribution in [0.3, 0.4) is 0 Å². The van der Waals surface area contributed by atoms with Gasteiger partial charge in [0.2, 0.25) is 0 Å². The third kappa shape index (κ3) is 22.0. The van der Waals surface area contributed by atoms with E-state index in [2.05, 4.69) is 23.9 Å². The van der Waals surface area contributed by atoms with Gasteiger partial charge in [-0.15, -0.1) is 0 Å². The summed E-state index contributed by atoms with van der Waals surface area (Å²) in [6.45, 7) is 9.07. The largest absolute Gasteiger partial charge is 1.00 e. The van der Waals surface area contributed by atoms with Crippen LogP contribution in [0.1, 0.15) is 122 Å². The van der Waals surface area contributed by atoms with Crippen LogP contribution >= 0.6 is 11.8 Å². The van der Waals surface area contributed by atoms with Crippen molar-refractivity contribution in [2.24, 2.45) is 0 Å². The molecule has 2 heterocycles. The lowest BCUT2D eigenvalue weighted by atomic mass is 10.0. The number of likely N-dealkylation sites (tertiary alicyclic amines) is 1. The van der Waals surface area contributed by atoms with Crippen molar-refractivity contribution in [2.45, 2.75) is 129 Å². The first-order valence-electron chi connectivity index (χ1n) is 17.2. The number of quaternary nitrogens is 1. The molecule has 0 bridgehead atoms. The van der Waals surface area contributed by atoms with Crippen molar-refractivity contribution in [3.05, 3.63) is 18.5 Å². The molecule has 0 N–H and O–H groups in total. The molecule has 1 atom stereocenters. The SMILES string of the molecule is CCCCCCCCCCCCCCCCCCOCC(CSCCOCC[N+]1(C)CCCC1)Oc1ncccn1.[Cl-]. The maximum absolute atomic E-state index is 6.04. The summed E-state index contributed by atoms with van der Waals surface area (Å²) in [6, 6.07) is 2.25. The molecule has 42 heavy (non-hydrogen) atoms. The van der Waals surface area contributed by atoms with Gasteiger partial charge in [-0.2, -0.15) is 11.8 Å². The summed E-state index contributed by atoms with van der Waals surface area (Å²) in [6.07, 6.45) is 28.3. The Balaban J connectivity index is 0.00000882. The number of aromatic nitrogens is 2. The Morgan fingerprint density at radius 2 is 1.29 bits per heavy atom. The summed E-state index contributed by atoms with van der Waals surface area (Å²) in [4.78, 5) is 8.47. The van der Waals surface area contributed by atoms with Crippen LogP contribution in [-0.2, 0) is 9.47 Å². The van der Waals surface area contributed by atoms with Crippen molar-refractivity contribution >= 4 is 11.8 Å². The van der Waals surface area contributed by atoms with Crippen LogP contribution in [-0.4, -0.2) is 85.2 Å². The third-order valence-electron chi connectivity index (χ3n) is 8.36. The van der Waals surface area contributed by atoms with Crippen molar-refractivity contribution in [2.75, 3.05) is 64.6 Å². The highest BCUT2D eigenvalue weighted by Crippen LogP contribution is 2.16. The standard InChI is InChI=1S/C34H64N3O3S.ClH/c1-3-4-5-6-7-8-9-10-11-12-13-14-15-16-17-20-27-39-31-33(40-34-35-22-21-23-36-34)32-41-30-29-38-28-26-37(2)24-18-19-25-37;/h21-23,33H,3-20,24-32H2,1-2H3;1H/q+1;/p-1. The second kappa shape index (κ2) is 27.9. The zero-order chi connectivity index (χ0) is 29.1. The molecule has 0 spiro atoms. The van der Waals surface area contributed by atoms with Crippen molar-refractivity contribution in [3.8, 4) is 6.01 Å². The molecule has 2 rings (SSSR count). The summed E-state index contributed by atoms with van der Waals surface area (Å²) >= 11 is 1.86. The molecule has 1 fully saturated rings. The van der Waals surface area contributed by atoms with E-state index in [1.54, 1.807) is 12.4 Å². The zero-order valence-corrected chi connectivity index (χ0v) is 28.8. The summed E-state index contributed by atoms with van der Waals surface area (Å²) in [5.41, 5.74) is 0. The van der Waals surface area contributed by atoms with Crippen LogP contribution in [0.15, 0.2) is 18.5 Å². The molecule has 0 aliphatic carbocycles. The maximum atomic E-state index is 6.04. The fourth-order valence-electron chi connectivity index (χ4n) is 5.62. The van der Waals surface area contributed by atoms with E-state index in [4.69, 9.17) is 14.2 Å². The second-order valence-corrected chi connectivity index (χ2v) is 13.5. The van der Waals surface area contributed by atoms with Gasteiger partial charge in [-0.05, 0) is 12.5 Å². The van der Waals surface area contributed by atoms with Crippen LogP contribution in [0.2, 0.25) is 0 Å². The summed E-state index contributed by atoms with van der Waals surface area (Å²) in [5, 5.41) is 0. The number of ether oxygens (including phenoxy) is 3. The van der Waals surface area contributed by atoms with Gasteiger partial charge >= 0.3 is 6.01 Å². The Bertz CT molecular complexity index is 698. The van der Waals surface area contributed by atoms with E-state index in [0.29, 0.717) is 12.6 Å². The van der Waals surface area contributed by atoms with E-state index in [9.17, 15) is 0 Å².